The molecule has 1 aliphatic heterocycles. The maximum absolute atomic E-state index is 12.0. The summed E-state index contributed by atoms with van der Waals surface area (Å²) in [6.45, 7) is -0.360. The van der Waals surface area contributed by atoms with Crippen molar-refractivity contribution in [2.75, 3.05) is 13.7 Å². The number of ether oxygens (including phenoxy) is 1. The van der Waals surface area contributed by atoms with Crippen LogP contribution in [-0.4, -0.2) is 35.7 Å². The van der Waals surface area contributed by atoms with E-state index in [1.807, 2.05) is 36.4 Å². The van der Waals surface area contributed by atoms with Crippen molar-refractivity contribution in [3.8, 4) is 0 Å². The van der Waals surface area contributed by atoms with E-state index < -0.39 is 17.1 Å². The van der Waals surface area contributed by atoms with Gasteiger partial charge in [0.1, 0.15) is 6.54 Å². The van der Waals surface area contributed by atoms with Crippen LogP contribution in [0.15, 0.2) is 47.4 Å². The third-order valence-electron chi connectivity index (χ3n) is 2.72. The van der Waals surface area contributed by atoms with Crippen LogP contribution in [0.25, 0.3) is 6.08 Å². The number of rotatable bonds is 4. The molecule has 1 fully saturated rings. The molecule has 108 valence electrons. The van der Waals surface area contributed by atoms with Gasteiger partial charge in [0.15, 0.2) is 0 Å². The van der Waals surface area contributed by atoms with Gasteiger partial charge >= 0.3 is 5.97 Å². The zero-order chi connectivity index (χ0) is 15.2. The lowest BCUT2D eigenvalue weighted by Crippen LogP contribution is -2.34. The van der Waals surface area contributed by atoms with E-state index in [1.165, 1.54) is 7.11 Å². The fraction of sp³-hybridized carbons (Fsp3) is 0.133. The van der Waals surface area contributed by atoms with Crippen molar-refractivity contribution in [3.63, 3.8) is 0 Å². The molecule has 1 heterocycles. The van der Waals surface area contributed by atoms with Gasteiger partial charge in [-0.3, -0.25) is 19.3 Å². The van der Waals surface area contributed by atoms with Gasteiger partial charge in [0.05, 0.1) is 12.0 Å². The second-order valence-electron chi connectivity index (χ2n) is 4.14. The highest BCUT2D eigenvalue weighted by molar-refractivity contribution is 8.18. The fourth-order valence-corrected chi connectivity index (χ4v) is 2.44. The lowest BCUT2D eigenvalue weighted by molar-refractivity contribution is -0.143. The summed E-state index contributed by atoms with van der Waals surface area (Å²) >= 11 is 0.809. The van der Waals surface area contributed by atoms with Crippen molar-refractivity contribution < 1.29 is 19.1 Å². The van der Waals surface area contributed by atoms with Crippen LogP contribution in [0.1, 0.15) is 5.56 Å². The Morgan fingerprint density at radius 3 is 2.67 bits per heavy atom. The van der Waals surface area contributed by atoms with Gasteiger partial charge in [-0.05, 0) is 23.4 Å². The summed E-state index contributed by atoms with van der Waals surface area (Å²) in [5.41, 5.74) is 0.988. The molecule has 1 aromatic carbocycles. The molecule has 1 saturated heterocycles. The summed E-state index contributed by atoms with van der Waals surface area (Å²) < 4.78 is 4.46. The third-order valence-corrected chi connectivity index (χ3v) is 3.65. The Morgan fingerprint density at radius 1 is 1.29 bits per heavy atom. The van der Waals surface area contributed by atoms with Crippen LogP contribution in [0.2, 0.25) is 0 Å². The maximum atomic E-state index is 12.0. The van der Waals surface area contributed by atoms with E-state index >= 15 is 0 Å². The summed E-state index contributed by atoms with van der Waals surface area (Å²) in [6, 6.07) is 9.57. The van der Waals surface area contributed by atoms with Crippen molar-refractivity contribution in [2.24, 2.45) is 0 Å². The zero-order valence-electron chi connectivity index (χ0n) is 11.3. The number of benzene rings is 1. The topological polar surface area (TPSA) is 63.7 Å². The first-order chi connectivity index (χ1) is 10.1. The number of esters is 1. The molecule has 0 unspecified atom stereocenters. The number of methoxy groups -OCH3 is 1. The van der Waals surface area contributed by atoms with Crippen molar-refractivity contribution in [1.29, 1.82) is 0 Å². The number of hydrogen-bond acceptors (Lipinski definition) is 5. The molecular weight excluding hydrogens is 290 g/mol. The zero-order valence-corrected chi connectivity index (χ0v) is 12.1. The fourth-order valence-electron chi connectivity index (χ4n) is 1.65. The molecular formula is C15H13NO4S. The molecule has 0 bridgehead atoms. The number of carbonyl (C=O) groups is 3. The summed E-state index contributed by atoms with van der Waals surface area (Å²) in [5.74, 6) is -1.11. The highest BCUT2D eigenvalue weighted by Gasteiger charge is 2.36. The summed E-state index contributed by atoms with van der Waals surface area (Å²) in [7, 11) is 1.21. The Labute approximate surface area is 126 Å². The minimum absolute atomic E-state index is 0.288. The first-order valence-corrected chi connectivity index (χ1v) is 6.97. The molecule has 2 amide bonds. The second-order valence-corrected chi connectivity index (χ2v) is 5.13. The van der Waals surface area contributed by atoms with Crippen molar-refractivity contribution in [3.05, 3.63) is 53.0 Å². The average Bonchev–Trinajstić information content (AvgIpc) is 2.76. The van der Waals surface area contributed by atoms with Crippen LogP contribution < -0.4 is 0 Å². The molecule has 6 heteroatoms. The molecule has 21 heavy (non-hydrogen) atoms. The van der Waals surface area contributed by atoms with Crippen LogP contribution >= 0.6 is 11.8 Å². The van der Waals surface area contributed by atoms with Gasteiger partial charge in [-0.15, -0.1) is 0 Å². The van der Waals surface area contributed by atoms with E-state index in [0.717, 1.165) is 22.2 Å². The average molecular weight is 303 g/mol. The van der Waals surface area contributed by atoms with Gasteiger partial charge in [-0.25, -0.2) is 0 Å². The maximum Gasteiger partial charge on any atom is 0.325 e. The van der Waals surface area contributed by atoms with Crippen LogP contribution in [0.5, 0.6) is 0 Å². The van der Waals surface area contributed by atoms with Crippen LogP contribution in [0, 0.1) is 0 Å². The van der Waals surface area contributed by atoms with Crippen molar-refractivity contribution >= 4 is 35.0 Å². The van der Waals surface area contributed by atoms with Gasteiger partial charge in [0.25, 0.3) is 11.1 Å². The van der Waals surface area contributed by atoms with Crippen LogP contribution in [0.3, 0.4) is 0 Å². The van der Waals surface area contributed by atoms with Gasteiger partial charge < -0.3 is 4.74 Å². The Kier molecular flexibility index (Phi) is 4.94. The summed E-state index contributed by atoms with van der Waals surface area (Å²) in [6.07, 6.45) is 5.09. The second kappa shape index (κ2) is 6.90. The monoisotopic (exact) mass is 303 g/mol. The number of carbonyl (C=O) groups excluding carboxylic acids is 3. The van der Waals surface area contributed by atoms with Crippen molar-refractivity contribution in [1.82, 2.24) is 4.90 Å². The number of nitrogens with zero attached hydrogens (tertiary/aromatic N) is 1. The van der Waals surface area contributed by atoms with Gasteiger partial charge in [-0.2, -0.15) is 0 Å². The molecule has 0 aromatic heterocycles. The Bertz CT molecular complexity index is 622. The normalized spacial score (nSPS) is 17.0. The van der Waals surface area contributed by atoms with E-state index in [0.29, 0.717) is 0 Å². The lowest BCUT2D eigenvalue weighted by atomic mass is 10.2. The summed E-state index contributed by atoms with van der Waals surface area (Å²) in [5, 5.41) is -0.468. The van der Waals surface area contributed by atoms with E-state index in [-0.39, 0.29) is 11.4 Å². The van der Waals surface area contributed by atoms with Crippen LogP contribution in [-0.2, 0) is 14.3 Å². The molecule has 0 spiro atoms. The molecule has 0 saturated carbocycles. The lowest BCUT2D eigenvalue weighted by Gasteiger charge is -2.09. The molecule has 5 nitrogen and oxygen atoms in total. The first-order valence-electron chi connectivity index (χ1n) is 6.15. The number of thioether (sulfide) groups is 1. The van der Waals surface area contributed by atoms with Gasteiger partial charge in [-0.1, -0.05) is 42.5 Å². The highest BCUT2D eigenvalue weighted by atomic mass is 32.2. The molecule has 1 aliphatic rings. The smallest absolute Gasteiger partial charge is 0.325 e. The van der Waals surface area contributed by atoms with Crippen molar-refractivity contribution in [2.45, 2.75) is 0 Å². The molecule has 0 atom stereocenters. The minimum atomic E-state index is -0.627. The minimum Gasteiger partial charge on any atom is -0.468 e. The molecule has 0 radical (unpaired) electrons. The molecule has 2 rings (SSSR count). The number of amides is 2. The highest BCUT2D eigenvalue weighted by Crippen LogP contribution is 2.30. The number of imide groups is 1. The predicted octanol–water partition coefficient (Wildman–Crippen LogP) is 2.45. The van der Waals surface area contributed by atoms with E-state index in [2.05, 4.69) is 4.74 Å². The Balaban J connectivity index is 2.06. The van der Waals surface area contributed by atoms with E-state index in [4.69, 9.17) is 0 Å². The predicted molar refractivity (Wildman–Crippen MR) is 80.3 cm³/mol. The van der Waals surface area contributed by atoms with Gasteiger partial charge in [0.2, 0.25) is 0 Å². The molecule has 1 aromatic rings. The molecule has 0 N–H and O–H groups in total. The first kappa shape index (κ1) is 15.1. The largest absolute Gasteiger partial charge is 0.468 e. The Morgan fingerprint density at radius 2 is 2.00 bits per heavy atom. The number of allylic oxidation sites excluding steroid dienone is 2. The van der Waals surface area contributed by atoms with E-state index in [9.17, 15) is 14.4 Å². The van der Waals surface area contributed by atoms with E-state index in [1.54, 1.807) is 12.2 Å². The quantitative estimate of drug-likeness (QED) is 0.631. The SMILES string of the molecule is COC(=O)CN1C(=O)S/C(=C\C=C\c2ccccc2)C1=O. The van der Waals surface area contributed by atoms with Gasteiger partial charge in [0, 0.05) is 0 Å². The standard InChI is InChI=1S/C15H13NO4S/c1-20-13(17)10-16-14(18)12(21-15(16)19)9-5-8-11-6-3-2-4-7-11/h2-9H,10H2,1H3/b8-5+,12-9-. The van der Waals surface area contributed by atoms with Crippen LogP contribution in [0.4, 0.5) is 4.79 Å². The third kappa shape index (κ3) is 3.82. The number of hydrogen-bond donors (Lipinski definition) is 0. The Hall–Kier alpha value is -2.34. The molecule has 0 aliphatic carbocycles. The summed E-state index contributed by atoms with van der Waals surface area (Å²) in [4.78, 5) is 36.0.